The zero-order valence-corrected chi connectivity index (χ0v) is 25.8. The Balaban J connectivity index is 0.000000148. The molecule has 48 heavy (non-hydrogen) atoms. The number of hydrogen-bond donors (Lipinski definition) is 1. The molecule has 0 bridgehead atoms. The van der Waals surface area contributed by atoms with Crippen LogP contribution in [0.15, 0.2) is 42.7 Å². The van der Waals surface area contributed by atoms with Gasteiger partial charge in [-0.15, -0.1) is 0 Å². The van der Waals surface area contributed by atoms with Crippen molar-refractivity contribution in [2.45, 2.75) is 51.6 Å². The fourth-order valence-corrected chi connectivity index (χ4v) is 5.98. The summed E-state index contributed by atoms with van der Waals surface area (Å²) in [5, 5.41) is 0.426. The Hall–Kier alpha value is -5.31. The molecule has 6 aromatic heterocycles. The van der Waals surface area contributed by atoms with Crippen LogP contribution < -0.4 is 16.9 Å². The first-order valence-corrected chi connectivity index (χ1v) is 15.2. The molecule has 1 aromatic carbocycles. The maximum absolute atomic E-state index is 14.9. The third kappa shape index (κ3) is 4.71. The van der Waals surface area contributed by atoms with Crippen LogP contribution in [0, 0.1) is 37.1 Å². The molecule has 244 valence electrons. The van der Waals surface area contributed by atoms with E-state index in [4.69, 9.17) is 26.2 Å². The number of aryl methyl sites for hydroxylation is 2. The molecule has 0 atom stereocenters. The van der Waals surface area contributed by atoms with Crippen molar-refractivity contribution in [3.8, 4) is 11.3 Å². The Morgan fingerprint density at radius 1 is 0.708 bits per heavy atom. The summed E-state index contributed by atoms with van der Waals surface area (Å²) in [4.78, 5) is 41.8. The molecule has 0 unspecified atom stereocenters. The van der Waals surface area contributed by atoms with E-state index in [-0.39, 0.29) is 67.5 Å². The summed E-state index contributed by atoms with van der Waals surface area (Å²) in [7, 11) is 0. The van der Waals surface area contributed by atoms with Crippen molar-refractivity contribution >= 4 is 61.6 Å². The minimum Gasteiger partial charge on any atom is -0.440 e. The Labute approximate surface area is 270 Å². The summed E-state index contributed by atoms with van der Waals surface area (Å²) in [6.45, 7) is 3.23. The molecule has 0 aliphatic heterocycles. The Morgan fingerprint density at radius 2 is 1.21 bits per heavy atom. The maximum Gasteiger partial charge on any atom is 0.282 e. The largest absolute Gasteiger partial charge is 0.440 e. The number of aromatic nitrogens is 6. The number of hydrogen-bond acceptors (Lipinski definition) is 9. The standard InChI is InChI=1S/C19H13F3N4O2.C13H9ClFN3O2/c1-7-24-16-17(28-7)10-5-13(22)15(9-4-12(21)14(23)6-11(9)20)25-18(10)26(19(16)27)8-2-3-8;1-5-16-9-10(20-5)7-4-8(15)11(14)17-12(7)18(13(9)19)6-2-3-6/h4-6,8H,2-3,23H2,1H3;4,6H,2-3H2,1H3. The van der Waals surface area contributed by atoms with Gasteiger partial charge in [-0.25, -0.2) is 37.5 Å². The highest BCUT2D eigenvalue weighted by molar-refractivity contribution is 6.30. The molecule has 0 radical (unpaired) electrons. The zero-order chi connectivity index (χ0) is 33.8. The van der Waals surface area contributed by atoms with Crippen molar-refractivity contribution in [3.63, 3.8) is 0 Å². The van der Waals surface area contributed by atoms with Crippen molar-refractivity contribution in [1.29, 1.82) is 0 Å². The summed E-state index contributed by atoms with van der Waals surface area (Å²) >= 11 is 5.75. The summed E-state index contributed by atoms with van der Waals surface area (Å²) in [5.41, 5.74) is 4.70. The molecular formula is C32H22ClF4N7O4. The topological polar surface area (TPSA) is 148 Å². The van der Waals surface area contributed by atoms with Gasteiger partial charge in [0, 0.05) is 37.6 Å². The van der Waals surface area contributed by atoms with E-state index in [0.29, 0.717) is 16.9 Å². The minimum atomic E-state index is -0.915. The second-order valence-corrected chi connectivity index (χ2v) is 12.2. The first-order chi connectivity index (χ1) is 22.9. The summed E-state index contributed by atoms with van der Waals surface area (Å²) in [5.74, 6) is -2.71. The smallest absolute Gasteiger partial charge is 0.282 e. The van der Waals surface area contributed by atoms with Crippen LogP contribution in [-0.4, -0.2) is 29.1 Å². The number of oxazole rings is 2. The number of benzene rings is 1. The van der Waals surface area contributed by atoms with E-state index in [9.17, 15) is 27.2 Å². The number of halogens is 5. The average Bonchev–Trinajstić information content (AvgIpc) is 3.97. The maximum atomic E-state index is 14.9. The number of pyridine rings is 4. The van der Waals surface area contributed by atoms with E-state index in [1.165, 1.54) is 10.6 Å². The molecule has 6 heterocycles. The zero-order valence-electron chi connectivity index (χ0n) is 25.1. The Morgan fingerprint density at radius 3 is 1.73 bits per heavy atom. The number of anilines is 1. The first kappa shape index (κ1) is 30.1. The molecule has 9 rings (SSSR count). The van der Waals surface area contributed by atoms with Crippen LogP contribution in [0.1, 0.15) is 49.5 Å². The van der Waals surface area contributed by atoms with E-state index in [0.717, 1.165) is 43.9 Å². The molecule has 7 aromatic rings. The normalized spacial score (nSPS) is 14.7. The molecule has 0 spiro atoms. The van der Waals surface area contributed by atoms with Crippen molar-refractivity contribution in [2.75, 3.05) is 5.73 Å². The van der Waals surface area contributed by atoms with Gasteiger partial charge in [-0.3, -0.25) is 18.7 Å². The second-order valence-electron chi connectivity index (χ2n) is 11.8. The predicted octanol–water partition coefficient (Wildman–Crippen LogP) is 6.82. The van der Waals surface area contributed by atoms with E-state index < -0.39 is 40.2 Å². The number of rotatable bonds is 3. The lowest BCUT2D eigenvalue weighted by Gasteiger charge is -2.12. The Kier molecular flexibility index (Phi) is 6.64. The van der Waals surface area contributed by atoms with Gasteiger partial charge in [-0.2, -0.15) is 0 Å². The van der Waals surface area contributed by atoms with Crippen LogP contribution >= 0.6 is 11.6 Å². The fourth-order valence-electron chi connectivity index (χ4n) is 5.84. The van der Waals surface area contributed by atoms with Crippen LogP contribution in [-0.2, 0) is 0 Å². The quantitative estimate of drug-likeness (QED) is 0.121. The highest BCUT2D eigenvalue weighted by Crippen LogP contribution is 2.39. The highest BCUT2D eigenvalue weighted by Gasteiger charge is 2.32. The van der Waals surface area contributed by atoms with Crippen LogP contribution in [0.5, 0.6) is 0 Å². The van der Waals surface area contributed by atoms with Crippen LogP contribution in [0.3, 0.4) is 0 Å². The molecule has 0 amide bonds. The summed E-state index contributed by atoms with van der Waals surface area (Å²) in [6, 6.07) is 3.90. The van der Waals surface area contributed by atoms with Crippen molar-refractivity contribution in [3.05, 3.63) is 85.2 Å². The van der Waals surface area contributed by atoms with Crippen LogP contribution in [0.2, 0.25) is 5.15 Å². The lowest BCUT2D eigenvalue weighted by molar-refractivity contribution is 0.562. The molecule has 16 heteroatoms. The fraction of sp³-hybridized carbons (Fsp3) is 0.250. The van der Waals surface area contributed by atoms with Gasteiger partial charge in [0.2, 0.25) is 0 Å². The van der Waals surface area contributed by atoms with Crippen molar-refractivity contribution < 1.29 is 26.4 Å². The molecule has 11 nitrogen and oxygen atoms in total. The van der Waals surface area contributed by atoms with Gasteiger partial charge in [-0.1, -0.05) is 11.6 Å². The van der Waals surface area contributed by atoms with Gasteiger partial charge in [0.05, 0.1) is 16.5 Å². The lowest BCUT2D eigenvalue weighted by Crippen LogP contribution is -2.21. The number of nitrogens with zero attached hydrogens (tertiary/aromatic N) is 6. The van der Waals surface area contributed by atoms with E-state index in [2.05, 4.69) is 19.9 Å². The van der Waals surface area contributed by atoms with Gasteiger partial charge in [-0.05, 0) is 43.9 Å². The number of nitrogens with two attached hydrogens (primary N) is 1. The SMILES string of the molecule is Cc1nc2c(=O)n(C3CC3)c3nc(-c4cc(F)c(N)cc4F)c(F)cc3c2o1.Cc1nc2c(=O)n(C3CC3)c3nc(Cl)c(F)cc3c2o1. The Bertz CT molecular complexity index is 2640. The second kappa shape index (κ2) is 10.6. The van der Waals surface area contributed by atoms with Crippen molar-refractivity contribution in [2.24, 2.45) is 0 Å². The van der Waals surface area contributed by atoms with Gasteiger partial charge in [0.1, 0.15) is 34.4 Å². The monoisotopic (exact) mass is 679 g/mol. The van der Waals surface area contributed by atoms with E-state index in [1.807, 2.05) is 0 Å². The summed E-state index contributed by atoms with van der Waals surface area (Å²) in [6.07, 6.45) is 3.31. The van der Waals surface area contributed by atoms with Gasteiger partial charge in [0.25, 0.3) is 11.1 Å². The number of nitrogen functional groups attached to an aromatic ring is 1. The molecule has 2 aliphatic rings. The van der Waals surface area contributed by atoms with E-state index in [1.54, 1.807) is 18.4 Å². The van der Waals surface area contributed by atoms with E-state index >= 15 is 0 Å². The van der Waals surface area contributed by atoms with Crippen LogP contribution in [0.4, 0.5) is 23.2 Å². The van der Waals surface area contributed by atoms with Crippen LogP contribution in [0.25, 0.3) is 55.5 Å². The van der Waals surface area contributed by atoms with Gasteiger partial charge >= 0.3 is 0 Å². The molecule has 2 fully saturated rings. The highest BCUT2D eigenvalue weighted by atomic mass is 35.5. The third-order valence-electron chi connectivity index (χ3n) is 8.29. The minimum absolute atomic E-state index is 0.0837. The molecule has 2 saturated carbocycles. The molecule has 0 saturated heterocycles. The average molecular weight is 680 g/mol. The third-order valence-corrected chi connectivity index (χ3v) is 8.56. The number of fused-ring (bicyclic) bond motifs is 6. The molecule has 2 aliphatic carbocycles. The summed E-state index contributed by atoms with van der Waals surface area (Å²) < 4.78 is 70.7. The molecule has 2 N–H and O–H groups in total. The molecular weight excluding hydrogens is 658 g/mol. The van der Waals surface area contributed by atoms with Crippen molar-refractivity contribution in [1.82, 2.24) is 29.1 Å². The van der Waals surface area contributed by atoms with Gasteiger partial charge < -0.3 is 14.6 Å². The first-order valence-electron chi connectivity index (χ1n) is 14.9. The lowest BCUT2D eigenvalue weighted by atomic mass is 10.1. The van der Waals surface area contributed by atoms with Gasteiger partial charge in [0.15, 0.2) is 45.0 Å². The predicted molar refractivity (Wildman–Crippen MR) is 168 cm³/mol.